The number of ketones is 1. The summed E-state index contributed by atoms with van der Waals surface area (Å²) in [5, 5.41) is 0. The number of carbonyl (C=O) groups is 1. The number of nitrogens with two attached hydrogens (primary N) is 1. The quantitative estimate of drug-likeness (QED) is 0.853. The molecule has 0 fully saturated rings. The fourth-order valence-corrected chi connectivity index (χ4v) is 2.39. The SMILES string of the molecule is CC(C)c1cncc(CCC(=O)[C@H](N)Cc2ccccc2)c1. The molecule has 3 heteroatoms. The van der Waals surface area contributed by atoms with Crippen LogP contribution >= 0.6 is 0 Å². The van der Waals surface area contributed by atoms with E-state index in [2.05, 4.69) is 24.9 Å². The third-order valence-electron chi connectivity index (χ3n) is 3.85. The topological polar surface area (TPSA) is 56.0 Å². The molecule has 0 radical (unpaired) electrons. The summed E-state index contributed by atoms with van der Waals surface area (Å²) in [6.07, 6.45) is 5.50. The minimum atomic E-state index is -0.427. The van der Waals surface area contributed by atoms with Crippen LogP contribution in [0.25, 0.3) is 0 Å². The monoisotopic (exact) mass is 296 g/mol. The normalized spacial score (nSPS) is 12.4. The van der Waals surface area contributed by atoms with E-state index in [-0.39, 0.29) is 5.78 Å². The van der Waals surface area contributed by atoms with Crippen LogP contribution in [0.15, 0.2) is 48.8 Å². The average Bonchev–Trinajstić information content (AvgIpc) is 2.53. The average molecular weight is 296 g/mol. The van der Waals surface area contributed by atoms with Gasteiger partial charge in [-0.05, 0) is 35.4 Å². The van der Waals surface area contributed by atoms with Crippen LogP contribution in [0.1, 0.15) is 42.9 Å². The second kappa shape index (κ2) is 7.85. The number of nitrogens with zero attached hydrogens (tertiary/aromatic N) is 1. The Kier molecular flexibility index (Phi) is 5.84. The molecule has 1 heterocycles. The first-order valence-electron chi connectivity index (χ1n) is 7.82. The summed E-state index contributed by atoms with van der Waals surface area (Å²) >= 11 is 0. The van der Waals surface area contributed by atoms with Gasteiger partial charge in [0.1, 0.15) is 5.78 Å². The lowest BCUT2D eigenvalue weighted by molar-refractivity contribution is -0.120. The number of hydrogen-bond acceptors (Lipinski definition) is 3. The molecule has 0 amide bonds. The Hall–Kier alpha value is -2.00. The Morgan fingerprint density at radius 3 is 2.55 bits per heavy atom. The summed E-state index contributed by atoms with van der Waals surface area (Å²) in [5.74, 6) is 0.558. The zero-order valence-electron chi connectivity index (χ0n) is 13.3. The number of pyridine rings is 1. The fraction of sp³-hybridized carbons (Fsp3) is 0.368. The van der Waals surface area contributed by atoms with E-state index in [1.54, 1.807) is 0 Å². The van der Waals surface area contributed by atoms with Gasteiger partial charge in [0, 0.05) is 18.8 Å². The minimum absolute atomic E-state index is 0.110. The lowest BCUT2D eigenvalue weighted by Gasteiger charge is -2.11. The van der Waals surface area contributed by atoms with Crippen molar-refractivity contribution in [1.82, 2.24) is 4.98 Å². The molecule has 0 unspecified atom stereocenters. The van der Waals surface area contributed by atoms with Crippen molar-refractivity contribution in [2.24, 2.45) is 5.73 Å². The van der Waals surface area contributed by atoms with Crippen molar-refractivity contribution in [1.29, 1.82) is 0 Å². The summed E-state index contributed by atoms with van der Waals surface area (Å²) in [5.41, 5.74) is 9.44. The zero-order chi connectivity index (χ0) is 15.9. The number of rotatable bonds is 7. The molecule has 1 aromatic carbocycles. The standard InChI is InChI=1S/C19H24N2O/c1-14(2)17-10-16(12-21-13-17)8-9-19(22)18(20)11-15-6-4-3-5-7-15/h3-7,10,12-14,18H,8-9,11,20H2,1-2H3/t18-/m1/s1. The molecular formula is C19H24N2O. The van der Waals surface area contributed by atoms with Gasteiger partial charge in [-0.15, -0.1) is 0 Å². The van der Waals surface area contributed by atoms with Crippen LogP contribution in [0.4, 0.5) is 0 Å². The van der Waals surface area contributed by atoms with E-state index in [9.17, 15) is 4.79 Å². The maximum absolute atomic E-state index is 12.2. The number of benzene rings is 1. The predicted octanol–water partition coefficient (Wildman–Crippen LogP) is 3.28. The molecule has 2 rings (SSSR count). The van der Waals surface area contributed by atoms with Crippen LogP contribution in [0, 0.1) is 0 Å². The van der Waals surface area contributed by atoms with E-state index >= 15 is 0 Å². The molecule has 2 N–H and O–H groups in total. The summed E-state index contributed by atoms with van der Waals surface area (Å²) in [7, 11) is 0. The maximum atomic E-state index is 12.2. The Bertz CT molecular complexity index is 608. The Labute approximate surface area is 132 Å². The van der Waals surface area contributed by atoms with Crippen molar-refractivity contribution in [2.45, 2.75) is 45.1 Å². The molecule has 0 saturated carbocycles. The van der Waals surface area contributed by atoms with Crippen LogP contribution in [-0.2, 0) is 17.6 Å². The minimum Gasteiger partial charge on any atom is -0.321 e. The van der Waals surface area contributed by atoms with Gasteiger partial charge < -0.3 is 5.73 Å². The molecule has 0 spiro atoms. The number of hydrogen-bond donors (Lipinski definition) is 1. The second-order valence-corrected chi connectivity index (χ2v) is 6.04. The van der Waals surface area contributed by atoms with Crippen LogP contribution in [-0.4, -0.2) is 16.8 Å². The first-order chi connectivity index (χ1) is 10.6. The molecule has 2 aromatic rings. The van der Waals surface area contributed by atoms with Gasteiger partial charge in [0.2, 0.25) is 0 Å². The highest BCUT2D eigenvalue weighted by atomic mass is 16.1. The lowest BCUT2D eigenvalue weighted by atomic mass is 9.97. The van der Waals surface area contributed by atoms with E-state index in [1.807, 2.05) is 42.7 Å². The van der Waals surface area contributed by atoms with E-state index in [1.165, 1.54) is 5.56 Å². The molecule has 0 saturated heterocycles. The number of aromatic nitrogens is 1. The summed E-state index contributed by atoms with van der Waals surface area (Å²) < 4.78 is 0. The molecule has 116 valence electrons. The van der Waals surface area contributed by atoms with Crippen molar-refractivity contribution in [3.8, 4) is 0 Å². The van der Waals surface area contributed by atoms with Crippen LogP contribution in [0.3, 0.4) is 0 Å². The predicted molar refractivity (Wildman–Crippen MR) is 89.8 cm³/mol. The van der Waals surface area contributed by atoms with Crippen LogP contribution < -0.4 is 5.73 Å². The van der Waals surface area contributed by atoms with Crippen LogP contribution in [0.2, 0.25) is 0 Å². The Morgan fingerprint density at radius 1 is 1.14 bits per heavy atom. The Balaban J connectivity index is 1.88. The van der Waals surface area contributed by atoms with Crippen molar-refractivity contribution >= 4 is 5.78 Å². The third kappa shape index (κ3) is 4.78. The van der Waals surface area contributed by atoms with E-state index in [0.717, 1.165) is 11.1 Å². The first-order valence-corrected chi connectivity index (χ1v) is 7.82. The van der Waals surface area contributed by atoms with Gasteiger partial charge in [0.15, 0.2) is 0 Å². The molecule has 22 heavy (non-hydrogen) atoms. The molecule has 3 nitrogen and oxygen atoms in total. The van der Waals surface area contributed by atoms with Crippen molar-refractivity contribution < 1.29 is 4.79 Å². The highest BCUT2D eigenvalue weighted by Crippen LogP contribution is 2.15. The van der Waals surface area contributed by atoms with Gasteiger partial charge in [-0.1, -0.05) is 50.2 Å². The molecule has 0 aliphatic rings. The highest BCUT2D eigenvalue weighted by Gasteiger charge is 2.14. The number of carbonyl (C=O) groups excluding carboxylic acids is 1. The van der Waals surface area contributed by atoms with Gasteiger partial charge >= 0.3 is 0 Å². The van der Waals surface area contributed by atoms with Gasteiger partial charge in [-0.2, -0.15) is 0 Å². The lowest BCUT2D eigenvalue weighted by Crippen LogP contribution is -2.32. The first kappa shape index (κ1) is 16.4. The van der Waals surface area contributed by atoms with Crippen molar-refractivity contribution in [2.75, 3.05) is 0 Å². The summed E-state index contributed by atoms with van der Waals surface area (Å²) in [4.78, 5) is 16.4. The van der Waals surface area contributed by atoms with Gasteiger partial charge in [-0.3, -0.25) is 9.78 Å². The van der Waals surface area contributed by atoms with E-state index in [4.69, 9.17) is 5.73 Å². The molecule has 0 aliphatic carbocycles. The van der Waals surface area contributed by atoms with Crippen molar-refractivity contribution in [3.05, 3.63) is 65.5 Å². The molecule has 0 aliphatic heterocycles. The maximum Gasteiger partial charge on any atom is 0.150 e. The summed E-state index contributed by atoms with van der Waals surface area (Å²) in [6, 6.07) is 11.6. The number of aryl methyl sites for hydroxylation is 1. The molecule has 0 bridgehead atoms. The van der Waals surface area contributed by atoms with Gasteiger partial charge in [0.05, 0.1) is 6.04 Å². The Morgan fingerprint density at radius 2 is 1.86 bits per heavy atom. The van der Waals surface area contributed by atoms with E-state index < -0.39 is 6.04 Å². The summed E-state index contributed by atoms with van der Waals surface area (Å²) in [6.45, 7) is 4.28. The third-order valence-corrected chi connectivity index (χ3v) is 3.85. The fourth-order valence-electron chi connectivity index (χ4n) is 2.39. The zero-order valence-corrected chi connectivity index (χ0v) is 13.3. The van der Waals surface area contributed by atoms with Crippen molar-refractivity contribution in [3.63, 3.8) is 0 Å². The second-order valence-electron chi connectivity index (χ2n) is 6.04. The number of Topliss-reactive ketones (excluding diaryl/α,β-unsaturated/α-hetero) is 1. The largest absolute Gasteiger partial charge is 0.321 e. The van der Waals surface area contributed by atoms with Gasteiger partial charge in [-0.25, -0.2) is 0 Å². The molecule has 1 aromatic heterocycles. The smallest absolute Gasteiger partial charge is 0.150 e. The molecule has 1 atom stereocenters. The highest BCUT2D eigenvalue weighted by molar-refractivity contribution is 5.84. The van der Waals surface area contributed by atoms with Gasteiger partial charge in [0.25, 0.3) is 0 Å². The molecular weight excluding hydrogens is 272 g/mol. The van der Waals surface area contributed by atoms with E-state index in [0.29, 0.717) is 25.2 Å². The van der Waals surface area contributed by atoms with Crippen LogP contribution in [0.5, 0.6) is 0 Å².